The zero-order valence-electron chi connectivity index (χ0n) is 8.49. The Bertz CT molecular complexity index is 432. The Kier molecular flexibility index (Phi) is 2.46. The second-order valence-corrected chi connectivity index (χ2v) is 3.51. The van der Waals surface area contributed by atoms with Crippen molar-refractivity contribution in [1.29, 1.82) is 0 Å². The van der Waals surface area contributed by atoms with Crippen LogP contribution in [0.2, 0.25) is 0 Å². The molecule has 0 aliphatic heterocycles. The number of ether oxygens (including phenoxy) is 1. The van der Waals surface area contributed by atoms with E-state index in [9.17, 15) is 4.79 Å². The number of aliphatic hydroxyl groups excluding tert-OH is 1. The van der Waals surface area contributed by atoms with Crippen molar-refractivity contribution in [2.45, 2.75) is 12.8 Å². The lowest BCUT2D eigenvalue weighted by Crippen LogP contribution is -2.14. The number of carbonyl (C=O) groups excluding carboxylic acids is 1. The largest absolute Gasteiger partial charge is 0.515 e. The molecule has 1 aliphatic rings. The van der Waals surface area contributed by atoms with Gasteiger partial charge in [-0.3, -0.25) is 4.79 Å². The molecule has 1 aliphatic carbocycles. The van der Waals surface area contributed by atoms with E-state index in [2.05, 4.69) is 0 Å². The molecule has 2 rings (SSSR count). The first kappa shape index (κ1) is 9.77. The number of Topliss-reactive ketones (excluding diaryl/α,β-unsaturated/α-hetero) is 1. The maximum Gasteiger partial charge on any atom is 0.192 e. The van der Waals surface area contributed by atoms with Gasteiger partial charge in [-0.25, -0.2) is 0 Å². The molecule has 0 fully saturated rings. The highest BCUT2D eigenvalue weighted by molar-refractivity contribution is 6.10. The zero-order valence-corrected chi connectivity index (χ0v) is 8.49. The third kappa shape index (κ3) is 1.61. The maximum absolute atomic E-state index is 11.8. The fourth-order valence-electron chi connectivity index (χ4n) is 1.80. The zero-order chi connectivity index (χ0) is 10.8. The molecule has 15 heavy (non-hydrogen) atoms. The summed E-state index contributed by atoms with van der Waals surface area (Å²) in [5.41, 5.74) is 2.14. The number of hydrogen-bond donors (Lipinski definition) is 1. The molecule has 0 radical (unpaired) electrons. The second kappa shape index (κ2) is 3.77. The average Bonchev–Trinajstić information content (AvgIpc) is 2.29. The van der Waals surface area contributed by atoms with E-state index >= 15 is 0 Å². The van der Waals surface area contributed by atoms with Gasteiger partial charge in [-0.2, -0.15) is 0 Å². The van der Waals surface area contributed by atoms with Gasteiger partial charge in [-0.15, -0.1) is 0 Å². The average molecular weight is 204 g/mol. The highest BCUT2D eigenvalue weighted by Gasteiger charge is 2.22. The number of rotatable bonds is 1. The predicted molar refractivity (Wildman–Crippen MR) is 56.4 cm³/mol. The smallest absolute Gasteiger partial charge is 0.192 e. The molecule has 0 unspecified atom stereocenters. The van der Waals surface area contributed by atoms with E-state index in [-0.39, 0.29) is 5.78 Å². The summed E-state index contributed by atoms with van der Waals surface area (Å²) in [4.78, 5) is 11.8. The maximum atomic E-state index is 11.8. The molecule has 0 heterocycles. The fraction of sp³-hybridized carbons (Fsp3) is 0.250. The number of aryl methyl sites for hydroxylation is 1. The van der Waals surface area contributed by atoms with Crippen LogP contribution in [0.3, 0.4) is 0 Å². The van der Waals surface area contributed by atoms with Gasteiger partial charge < -0.3 is 9.84 Å². The first-order valence-electron chi connectivity index (χ1n) is 4.81. The highest BCUT2D eigenvalue weighted by Crippen LogP contribution is 2.27. The SMILES string of the molecule is COc1ccc2c(c1)CC/C(=C/O)C2=O. The van der Waals surface area contributed by atoms with Crippen molar-refractivity contribution < 1.29 is 14.6 Å². The molecule has 78 valence electrons. The van der Waals surface area contributed by atoms with Gasteiger partial charge in [0.25, 0.3) is 0 Å². The lowest BCUT2D eigenvalue weighted by Gasteiger charge is -2.17. The summed E-state index contributed by atoms with van der Waals surface area (Å²) < 4.78 is 5.09. The Morgan fingerprint density at radius 1 is 1.40 bits per heavy atom. The third-order valence-electron chi connectivity index (χ3n) is 2.67. The van der Waals surface area contributed by atoms with Gasteiger partial charge >= 0.3 is 0 Å². The normalized spacial score (nSPS) is 17.7. The van der Waals surface area contributed by atoms with E-state index in [0.717, 1.165) is 24.0 Å². The monoisotopic (exact) mass is 204 g/mol. The van der Waals surface area contributed by atoms with E-state index in [1.165, 1.54) is 0 Å². The first-order valence-corrected chi connectivity index (χ1v) is 4.81. The summed E-state index contributed by atoms with van der Waals surface area (Å²) in [5, 5.41) is 8.88. The number of carbonyl (C=O) groups is 1. The summed E-state index contributed by atoms with van der Waals surface area (Å²) in [7, 11) is 1.60. The van der Waals surface area contributed by atoms with Crippen LogP contribution in [0.5, 0.6) is 5.75 Å². The van der Waals surface area contributed by atoms with Crippen molar-refractivity contribution in [3.8, 4) is 5.75 Å². The minimum absolute atomic E-state index is 0.0820. The minimum Gasteiger partial charge on any atom is -0.515 e. The van der Waals surface area contributed by atoms with Crippen molar-refractivity contribution in [3.63, 3.8) is 0 Å². The van der Waals surface area contributed by atoms with E-state index in [0.29, 0.717) is 17.6 Å². The lowest BCUT2D eigenvalue weighted by atomic mass is 9.87. The highest BCUT2D eigenvalue weighted by atomic mass is 16.5. The van der Waals surface area contributed by atoms with Crippen molar-refractivity contribution >= 4 is 5.78 Å². The van der Waals surface area contributed by atoms with Crippen molar-refractivity contribution in [1.82, 2.24) is 0 Å². The molecule has 1 aromatic carbocycles. The molecule has 3 heteroatoms. The summed E-state index contributed by atoms with van der Waals surface area (Å²) in [6.07, 6.45) is 2.27. The van der Waals surface area contributed by atoms with Crippen molar-refractivity contribution in [2.24, 2.45) is 0 Å². The number of fused-ring (bicyclic) bond motifs is 1. The number of benzene rings is 1. The molecule has 0 aromatic heterocycles. The Morgan fingerprint density at radius 2 is 2.20 bits per heavy atom. The summed E-state index contributed by atoms with van der Waals surface area (Å²) in [6.45, 7) is 0. The van der Waals surface area contributed by atoms with Gasteiger partial charge in [-0.05, 0) is 36.6 Å². The van der Waals surface area contributed by atoms with Gasteiger partial charge in [-0.1, -0.05) is 0 Å². The van der Waals surface area contributed by atoms with Crippen LogP contribution in [-0.2, 0) is 6.42 Å². The molecule has 0 amide bonds. The Morgan fingerprint density at radius 3 is 2.87 bits per heavy atom. The van der Waals surface area contributed by atoms with E-state index in [1.807, 2.05) is 6.07 Å². The number of aliphatic hydroxyl groups is 1. The summed E-state index contributed by atoms with van der Waals surface area (Å²) in [5.74, 6) is 0.680. The van der Waals surface area contributed by atoms with E-state index < -0.39 is 0 Å². The minimum atomic E-state index is -0.0820. The first-order chi connectivity index (χ1) is 7.26. The van der Waals surface area contributed by atoms with Gasteiger partial charge in [0.05, 0.1) is 13.4 Å². The van der Waals surface area contributed by atoms with Crippen LogP contribution in [0, 0.1) is 0 Å². The Hall–Kier alpha value is -1.77. The van der Waals surface area contributed by atoms with Crippen LogP contribution >= 0.6 is 0 Å². The summed E-state index contributed by atoms with van der Waals surface area (Å²) >= 11 is 0. The molecule has 1 N–H and O–H groups in total. The van der Waals surface area contributed by atoms with Gasteiger partial charge in [0.15, 0.2) is 5.78 Å². The van der Waals surface area contributed by atoms with Crippen molar-refractivity contribution in [2.75, 3.05) is 7.11 Å². The molecule has 3 nitrogen and oxygen atoms in total. The molecule has 0 saturated heterocycles. The molecule has 0 atom stereocenters. The molecular weight excluding hydrogens is 192 g/mol. The molecular formula is C12H12O3. The number of methoxy groups -OCH3 is 1. The Labute approximate surface area is 88.0 Å². The third-order valence-corrected chi connectivity index (χ3v) is 2.67. The standard InChI is InChI=1S/C12H12O3/c1-15-10-4-5-11-8(6-10)2-3-9(7-13)12(11)14/h4-7,13H,2-3H2,1H3/b9-7-. The second-order valence-electron chi connectivity index (χ2n) is 3.51. The molecule has 0 bridgehead atoms. The lowest BCUT2D eigenvalue weighted by molar-refractivity contribution is 0.102. The predicted octanol–water partition coefficient (Wildman–Crippen LogP) is 2.27. The molecule has 0 spiro atoms. The van der Waals surface area contributed by atoms with Crippen LogP contribution in [0.15, 0.2) is 30.0 Å². The topological polar surface area (TPSA) is 46.5 Å². The molecule has 1 aromatic rings. The number of hydrogen-bond acceptors (Lipinski definition) is 3. The van der Waals surface area contributed by atoms with Crippen LogP contribution in [-0.4, -0.2) is 18.0 Å². The summed E-state index contributed by atoms with van der Waals surface area (Å²) in [6, 6.07) is 5.39. The Balaban J connectivity index is 2.46. The van der Waals surface area contributed by atoms with Gasteiger partial charge in [0.2, 0.25) is 0 Å². The van der Waals surface area contributed by atoms with Crippen LogP contribution in [0.1, 0.15) is 22.3 Å². The van der Waals surface area contributed by atoms with Gasteiger partial charge in [0.1, 0.15) is 5.75 Å². The fourth-order valence-corrected chi connectivity index (χ4v) is 1.80. The van der Waals surface area contributed by atoms with Crippen LogP contribution in [0.4, 0.5) is 0 Å². The van der Waals surface area contributed by atoms with Crippen LogP contribution < -0.4 is 4.74 Å². The number of allylic oxidation sites excluding steroid dienone is 1. The van der Waals surface area contributed by atoms with Crippen molar-refractivity contribution in [3.05, 3.63) is 41.2 Å². The van der Waals surface area contributed by atoms with Gasteiger partial charge in [0, 0.05) is 11.1 Å². The van der Waals surface area contributed by atoms with Crippen LogP contribution in [0.25, 0.3) is 0 Å². The number of ketones is 1. The molecule has 0 saturated carbocycles. The van der Waals surface area contributed by atoms with E-state index in [1.54, 1.807) is 19.2 Å². The van der Waals surface area contributed by atoms with E-state index in [4.69, 9.17) is 9.84 Å². The quantitative estimate of drug-likeness (QED) is 0.563.